The first-order chi connectivity index (χ1) is 4.81. The zero-order valence-corrected chi connectivity index (χ0v) is 6.55. The number of hydrogen-bond donors (Lipinski definition) is 3. The van der Waals surface area contributed by atoms with Gasteiger partial charge < -0.3 is 10.8 Å². The van der Waals surface area contributed by atoms with Crippen LogP contribution in [0.3, 0.4) is 0 Å². The van der Waals surface area contributed by atoms with E-state index in [1.807, 2.05) is 5.32 Å². The first-order valence-corrected chi connectivity index (χ1v) is 3.13. The van der Waals surface area contributed by atoms with Gasteiger partial charge in [0.25, 0.3) is 0 Å². The molecule has 0 saturated heterocycles. The van der Waals surface area contributed by atoms with E-state index in [4.69, 9.17) is 10.8 Å². The lowest BCUT2D eigenvalue weighted by atomic mass is 10.2. The van der Waals surface area contributed by atoms with E-state index in [0.29, 0.717) is 0 Å². The van der Waals surface area contributed by atoms with E-state index in [9.17, 15) is 9.59 Å². The molecule has 0 radical (unpaired) electrons. The van der Waals surface area contributed by atoms with Crippen LogP contribution in [0.2, 0.25) is 0 Å². The Hall–Kier alpha value is -0.940. The minimum Gasteiger partial charge on any atom is -0.376 e. The molecule has 4 N–H and O–H groups in total. The summed E-state index contributed by atoms with van der Waals surface area (Å²) in [4.78, 5) is 21.0. The maximum atomic E-state index is 10.7. The van der Waals surface area contributed by atoms with Crippen molar-refractivity contribution < 1.29 is 14.7 Å². The molecular formula is C6H12N2O3. The molecule has 64 valence electrons. The van der Waals surface area contributed by atoms with Crippen LogP contribution in [0.4, 0.5) is 0 Å². The van der Waals surface area contributed by atoms with Crippen molar-refractivity contribution in [3.63, 3.8) is 0 Å². The first kappa shape index (κ1) is 10.1. The van der Waals surface area contributed by atoms with Gasteiger partial charge in [0.2, 0.25) is 11.8 Å². The minimum atomic E-state index is -1.56. The summed E-state index contributed by atoms with van der Waals surface area (Å²) in [5.74, 6) is -1.04. The van der Waals surface area contributed by atoms with Gasteiger partial charge >= 0.3 is 0 Å². The van der Waals surface area contributed by atoms with Crippen LogP contribution in [-0.4, -0.2) is 22.6 Å². The number of amides is 2. The van der Waals surface area contributed by atoms with E-state index in [1.54, 1.807) is 0 Å². The van der Waals surface area contributed by atoms with Gasteiger partial charge in [-0.15, -0.1) is 0 Å². The molecule has 0 bridgehead atoms. The molecule has 0 heterocycles. The Labute approximate surface area is 64.6 Å². The zero-order chi connectivity index (χ0) is 9.07. The predicted octanol–water partition coefficient (Wildman–Crippen LogP) is -1.29. The molecule has 0 aliphatic carbocycles. The van der Waals surface area contributed by atoms with Crippen LogP contribution in [0.25, 0.3) is 0 Å². The van der Waals surface area contributed by atoms with E-state index < -0.39 is 17.5 Å². The molecule has 1 unspecified atom stereocenters. The maximum absolute atomic E-state index is 10.7. The fraction of sp³-hybridized carbons (Fsp3) is 0.667. The Morgan fingerprint density at radius 2 is 2.09 bits per heavy atom. The van der Waals surface area contributed by atoms with Crippen LogP contribution < -0.4 is 11.1 Å². The summed E-state index contributed by atoms with van der Waals surface area (Å²) in [7, 11) is 0. The van der Waals surface area contributed by atoms with Gasteiger partial charge in [0.1, 0.15) is 5.72 Å². The topological polar surface area (TPSA) is 92.4 Å². The van der Waals surface area contributed by atoms with Crippen molar-refractivity contribution >= 4 is 11.8 Å². The normalized spacial score (nSPS) is 15.3. The lowest BCUT2D eigenvalue weighted by Gasteiger charge is -2.15. The highest BCUT2D eigenvalue weighted by molar-refractivity contribution is 5.94. The second kappa shape index (κ2) is 3.45. The summed E-state index contributed by atoms with van der Waals surface area (Å²) in [6.07, 6.45) is -0.285. The van der Waals surface area contributed by atoms with Crippen molar-refractivity contribution in [3.05, 3.63) is 0 Å². The average molecular weight is 160 g/mol. The number of rotatable bonds is 2. The minimum absolute atomic E-state index is 0.285. The molecule has 1 atom stereocenters. The van der Waals surface area contributed by atoms with Gasteiger partial charge in [0, 0.05) is 6.92 Å². The number of carbonyl (C=O) groups is 2. The number of hydrogen-bond acceptors (Lipinski definition) is 4. The molecule has 0 aliphatic heterocycles. The van der Waals surface area contributed by atoms with E-state index >= 15 is 0 Å². The van der Waals surface area contributed by atoms with Gasteiger partial charge in [-0.3, -0.25) is 14.9 Å². The summed E-state index contributed by atoms with van der Waals surface area (Å²) < 4.78 is 0. The third-order valence-corrected chi connectivity index (χ3v) is 0.834. The van der Waals surface area contributed by atoms with E-state index in [2.05, 4.69) is 0 Å². The molecule has 5 nitrogen and oxygen atoms in total. The molecule has 0 aromatic heterocycles. The van der Waals surface area contributed by atoms with Crippen molar-refractivity contribution in [2.45, 2.75) is 26.0 Å². The van der Waals surface area contributed by atoms with E-state index in [0.717, 1.165) is 0 Å². The van der Waals surface area contributed by atoms with Gasteiger partial charge in [-0.25, -0.2) is 0 Å². The third-order valence-electron chi connectivity index (χ3n) is 0.834. The second-order valence-electron chi connectivity index (χ2n) is 2.64. The second-order valence-corrected chi connectivity index (χ2v) is 2.64. The van der Waals surface area contributed by atoms with Crippen molar-refractivity contribution in [1.82, 2.24) is 5.32 Å². The van der Waals surface area contributed by atoms with Gasteiger partial charge in [-0.2, -0.15) is 0 Å². The fourth-order valence-corrected chi connectivity index (χ4v) is 0.566. The molecule has 0 saturated carbocycles. The average Bonchev–Trinajstić information content (AvgIpc) is 1.53. The fourth-order valence-electron chi connectivity index (χ4n) is 0.566. The Balaban J connectivity index is 3.80. The molecule has 0 fully saturated rings. The summed E-state index contributed by atoms with van der Waals surface area (Å²) >= 11 is 0. The van der Waals surface area contributed by atoms with Crippen molar-refractivity contribution in [2.75, 3.05) is 0 Å². The van der Waals surface area contributed by atoms with E-state index in [-0.39, 0.29) is 6.42 Å². The standard InChI is InChI=1S/C6H12N2O3/c1-4(9)8-5(10)3-6(2,7)11/h11H,3,7H2,1-2H3,(H,8,9,10). The number of aliphatic hydroxyl groups is 1. The van der Waals surface area contributed by atoms with Crippen LogP contribution in [0.5, 0.6) is 0 Å². The third kappa shape index (κ3) is 6.95. The van der Waals surface area contributed by atoms with Crippen molar-refractivity contribution in [2.24, 2.45) is 5.73 Å². The highest BCUT2D eigenvalue weighted by Gasteiger charge is 2.18. The molecule has 0 spiro atoms. The Morgan fingerprint density at radius 3 is 2.36 bits per heavy atom. The highest BCUT2D eigenvalue weighted by atomic mass is 16.3. The van der Waals surface area contributed by atoms with E-state index in [1.165, 1.54) is 13.8 Å². The largest absolute Gasteiger partial charge is 0.376 e. The van der Waals surface area contributed by atoms with Crippen LogP contribution in [-0.2, 0) is 9.59 Å². The molecule has 5 heteroatoms. The quantitative estimate of drug-likeness (QED) is 0.438. The Bertz CT molecular complexity index is 171. The number of carbonyl (C=O) groups excluding carboxylic acids is 2. The van der Waals surface area contributed by atoms with Crippen LogP contribution in [0.15, 0.2) is 0 Å². The number of imide groups is 1. The van der Waals surface area contributed by atoms with Crippen molar-refractivity contribution in [1.29, 1.82) is 0 Å². The van der Waals surface area contributed by atoms with Crippen molar-refractivity contribution in [3.8, 4) is 0 Å². The molecule has 11 heavy (non-hydrogen) atoms. The number of nitrogens with one attached hydrogen (secondary N) is 1. The van der Waals surface area contributed by atoms with Gasteiger partial charge in [-0.05, 0) is 6.92 Å². The van der Waals surface area contributed by atoms with Crippen LogP contribution in [0, 0.1) is 0 Å². The molecule has 2 amide bonds. The van der Waals surface area contributed by atoms with Gasteiger partial charge in [-0.1, -0.05) is 0 Å². The number of nitrogens with two attached hydrogens (primary N) is 1. The highest BCUT2D eigenvalue weighted by Crippen LogP contribution is 1.98. The molecular weight excluding hydrogens is 148 g/mol. The zero-order valence-electron chi connectivity index (χ0n) is 6.55. The van der Waals surface area contributed by atoms with Crippen LogP contribution >= 0.6 is 0 Å². The Kier molecular flexibility index (Phi) is 3.16. The lowest BCUT2D eigenvalue weighted by Crippen LogP contribution is -2.42. The predicted molar refractivity (Wildman–Crippen MR) is 38.3 cm³/mol. The lowest BCUT2D eigenvalue weighted by molar-refractivity contribution is -0.131. The summed E-state index contributed by atoms with van der Waals surface area (Å²) in [5.41, 5.74) is 3.54. The maximum Gasteiger partial charge on any atom is 0.230 e. The summed E-state index contributed by atoms with van der Waals surface area (Å²) in [6, 6.07) is 0. The Morgan fingerprint density at radius 1 is 1.64 bits per heavy atom. The van der Waals surface area contributed by atoms with Gasteiger partial charge in [0.15, 0.2) is 0 Å². The molecule has 0 rings (SSSR count). The van der Waals surface area contributed by atoms with Gasteiger partial charge in [0.05, 0.1) is 6.42 Å². The summed E-state index contributed by atoms with van der Waals surface area (Å²) in [5, 5.41) is 10.9. The summed E-state index contributed by atoms with van der Waals surface area (Å²) in [6.45, 7) is 2.50. The van der Waals surface area contributed by atoms with Crippen LogP contribution in [0.1, 0.15) is 20.3 Å². The molecule has 0 aromatic rings. The molecule has 0 aliphatic rings. The molecule has 0 aromatic carbocycles. The SMILES string of the molecule is CC(=O)NC(=O)CC(C)(N)O. The first-order valence-electron chi connectivity index (χ1n) is 3.13. The smallest absolute Gasteiger partial charge is 0.230 e. The monoisotopic (exact) mass is 160 g/mol.